The minimum atomic E-state index is -0.0349. The molecule has 144 valence electrons. The molecule has 1 saturated heterocycles. The normalized spacial score (nSPS) is 26.2. The highest BCUT2D eigenvalue weighted by Gasteiger charge is 2.28. The number of amidine groups is 1. The lowest BCUT2D eigenvalue weighted by atomic mass is 9.84. The number of hydrogen-bond donors (Lipinski definition) is 2. The van der Waals surface area contributed by atoms with E-state index >= 15 is 0 Å². The summed E-state index contributed by atoms with van der Waals surface area (Å²) in [6, 6.07) is 8.25. The summed E-state index contributed by atoms with van der Waals surface area (Å²) >= 11 is 0. The molecule has 0 aromatic heterocycles. The van der Waals surface area contributed by atoms with E-state index in [0.717, 1.165) is 42.6 Å². The van der Waals surface area contributed by atoms with Crippen molar-refractivity contribution in [1.82, 2.24) is 4.90 Å². The van der Waals surface area contributed by atoms with Crippen LogP contribution in [0, 0.1) is 16.7 Å². The predicted octanol–water partition coefficient (Wildman–Crippen LogP) is 4.36. The van der Waals surface area contributed by atoms with Crippen LogP contribution in [0.4, 0.5) is 0 Å². The van der Waals surface area contributed by atoms with Crippen LogP contribution in [-0.4, -0.2) is 35.4 Å². The van der Waals surface area contributed by atoms with Gasteiger partial charge in [-0.05, 0) is 61.8 Å². The van der Waals surface area contributed by atoms with Gasteiger partial charge in [-0.3, -0.25) is 10.2 Å². The average molecular weight is 367 g/mol. The van der Waals surface area contributed by atoms with Gasteiger partial charge >= 0.3 is 0 Å². The summed E-state index contributed by atoms with van der Waals surface area (Å²) < 4.78 is 5.24. The standard InChI is InChI=1S/C22H29N3O2/c1-15-13-16-3-7-18(8-11-20(23)21(26)12-6-16)22(24)25(15)14-17-4-9-19(27-2)10-5-17/h4-5,8-10,15-16,23-24H,3,6-7,11-14H2,1-2H3/b18-8+,23-20?,24-22?. The Morgan fingerprint density at radius 1 is 1.15 bits per heavy atom. The molecule has 1 fully saturated rings. The van der Waals surface area contributed by atoms with Gasteiger partial charge in [0.2, 0.25) is 0 Å². The van der Waals surface area contributed by atoms with E-state index in [4.69, 9.17) is 15.6 Å². The maximum atomic E-state index is 12.1. The number of hydrogen-bond acceptors (Lipinski definition) is 4. The summed E-state index contributed by atoms with van der Waals surface area (Å²) in [7, 11) is 1.66. The van der Waals surface area contributed by atoms with Gasteiger partial charge < -0.3 is 15.0 Å². The molecule has 2 unspecified atom stereocenters. The van der Waals surface area contributed by atoms with E-state index in [2.05, 4.69) is 24.0 Å². The van der Waals surface area contributed by atoms with Crippen molar-refractivity contribution in [2.24, 2.45) is 5.92 Å². The highest BCUT2D eigenvalue weighted by atomic mass is 16.5. The Morgan fingerprint density at radius 2 is 1.85 bits per heavy atom. The molecule has 0 radical (unpaired) electrons. The largest absolute Gasteiger partial charge is 0.497 e. The second-order valence-corrected chi connectivity index (χ2v) is 7.69. The van der Waals surface area contributed by atoms with E-state index in [9.17, 15) is 4.79 Å². The fourth-order valence-electron chi connectivity index (χ4n) is 4.06. The minimum absolute atomic E-state index is 0.0349. The van der Waals surface area contributed by atoms with Crippen molar-refractivity contribution < 1.29 is 9.53 Å². The van der Waals surface area contributed by atoms with Gasteiger partial charge in [0, 0.05) is 25.4 Å². The van der Waals surface area contributed by atoms with Crippen LogP contribution in [0.5, 0.6) is 5.75 Å². The number of ketones is 1. The summed E-state index contributed by atoms with van der Waals surface area (Å²) in [5.41, 5.74) is 2.30. The minimum Gasteiger partial charge on any atom is -0.497 e. The number of likely N-dealkylation sites (tertiary alicyclic amines) is 1. The molecule has 0 spiro atoms. The van der Waals surface area contributed by atoms with E-state index in [1.165, 1.54) is 0 Å². The lowest BCUT2D eigenvalue weighted by Gasteiger charge is -2.37. The van der Waals surface area contributed by atoms with Gasteiger partial charge in [-0.2, -0.15) is 0 Å². The number of ether oxygens (including phenoxy) is 1. The van der Waals surface area contributed by atoms with Crippen molar-refractivity contribution in [3.63, 3.8) is 0 Å². The van der Waals surface area contributed by atoms with Gasteiger partial charge in [0.15, 0.2) is 5.78 Å². The molecule has 2 bridgehead atoms. The lowest BCUT2D eigenvalue weighted by molar-refractivity contribution is -0.113. The van der Waals surface area contributed by atoms with Crippen LogP contribution >= 0.6 is 0 Å². The summed E-state index contributed by atoms with van der Waals surface area (Å²) in [6.45, 7) is 2.87. The van der Waals surface area contributed by atoms with Gasteiger partial charge in [-0.15, -0.1) is 0 Å². The molecule has 3 rings (SSSR count). The van der Waals surface area contributed by atoms with E-state index < -0.39 is 0 Å². The Hall–Kier alpha value is -2.43. The predicted molar refractivity (Wildman–Crippen MR) is 108 cm³/mol. The van der Waals surface area contributed by atoms with Gasteiger partial charge in [-0.25, -0.2) is 0 Å². The zero-order chi connectivity index (χ0) is 19.4. The number of fused-ring (bicyclic) bond motifs is 3. The molecule has 2 atom stereocenters. The SMILES string of the molecule is COc1ccc(CN2C(=N)/C3=C/CC(=N)C(=O)CCC(CC3)CC2C)cc1. The molecule has 0 saturated carbocycles. The quantitative estimate of drug-likeness (QED) is 0.833. The number of Topliss-reactive ketones (excluding diaryl/α,β-unsaturated/α-hetero) is 1. The second kappa shape index (κ2) is 8.51. The number of nitrogens with one attached hydrogen (secondary N) is 2. The van der Waals surface area contributed by atoms with Crippen molar-refractivity contribution in [3.05, 3.63) is 41.5 Å². The van der Waals surface area contributed by atoms with Crippen LogP contribution < -0.4 is 4.74 Å². The number of allylic oxidation sites excluding steroid dienone is 1. The van der Waals surface area contributed by atoms with Gasteiger partial charge in [0.05, 0.1) is 12.8 Å². The monoisotopic (exact) mass is 367 g/mol. The van der Waals surface area contributed by atoms with Crippen molar-refractivity contribution in [3.8, 4) is 5.75 Å². The van der Waals surface area contributed by atoms with Crippen LogP contribution in [0.15, 0.2) is 35.9 Å². The van der Waals surface area contributed by atoms with Gasteiger partial charge in [0.1, 0.15) is 11.6 Å². The number of carbonyl (C=O) groups excluding carboxylic acids is 1. The Balaban J connectivity index is 1.87. The molecule has 5 heteroatoms. The van der Waals surface area contributed by atoms with Crippen LogP contribution in [-0.2, 0) is 11.3 Å². The number of benzene rings is 1. The van der Waals surface area contributed by atoms with Gasteiger partial charge in [0.25, 0.3) is 0 Å². The Labute approximate surface area is 161 Å². The molecule has 1 aliphatic heterocycles. The third kappa shape index (κ3) is 4.65. The zero-order valence-corrected chi connectivity index (χ0v) is 16.3. The number of nitrogens with zero attached hydrogens (tertiary/aromatic N) is 1. The third-order valence-corrected chi connectivity index (χ3v) is 5.80. The van der Waals surface area contributed by atoms with E-state index in [1.54, 1.807) is 7.11 Å². The first-order chi connectivity index (χ1) is 13.0. The molecule has 1 aromatic rings. The summed E-state index contributed by atoms with van der Waals surface area (Å²) in [6.07, 6.45) is 6.46. The molecular weight excluding hydrogens is 338 g/mol. The van der Waals surface area contributed by atoms with Crippen molar-refractivity contribution >= 4 is 17.3 Å². The second-order valence-electron chi connectivity index (χ2n) is 7.69. The van der Waals surface area contributed by atoms with Crippen molar-refractivity contribution in [2.75, 3.05) is 7.11 Å². The molecule has 2 aliphatic rings. The molecule has 2 N–H and O–H groups in total. The maximum absolute atomic E-state index is 12.1. The van der Waals surface area contributed by atoms with Crippen LogP contribution in [0.2, 0.25) is 0 Å². The third-order valence-electron chi connectivity index (χ3n) is 5.80. The summed E-state index contributed by atoms with van der Waals surface area (Å²) in [5, 5.41) is 16.8. The molecule has 27 heavy (non-hydrogen) atoms. The van der Waals surface area contributed by atoms with Crippen LogP contribution in [0.25, 0.3) is 0 Å². The first-order valence-electron chi connectivity index (χ1n) is 9.76. The smallest absolute Gasteiger partial charge is 0.176 e. The number of methoxy groups -OCH3 is 1. The van der Waals surface area contributed by atoms with Crippen LogP contribution in [0.1, 0.15) is 51.0 Å². The lowest BCUT2D eigenvalue weighted by Crippen LogP contribution is -2.41. The number of carbonyl (C=O) groups is 1. The molecule has 0 amide bonds. The topological polar surface area (TPSA) is 77.2 Å². The highest BCUT2D eigenvalue weighted by Crippen LogP contribution is 2.31. The van der Waals surface area contributed by atoms with E-state index in [0.29, 0.717) is 31.1 Å². The van der Waals surface area contributed by atoms with Crippen molar-refractivity contribution in [1.29, 1.82) is 10.8 Å². The molecule has 1 aliphatic carbocycles. The zero-order valence-electron chi connectivity index (χ0n) is 16.3. The van der Waals surface area contributed by atoms with Gasteiger partial charge in [-0.1, -0.05) is 18.2 Å². The fraction of sp³-hybridized carbons (Fsp3) is 0.500. The highest BCUT2D eigenvalue weighted by molar-refractivity contribution is 6.38. The Kier molecular flexibility index (Phi) is 6.09. The Morgan fingerprint density at radius 3 is 2.56 bits per heavy atom. The van der Waals surface area contributed by atoms with Crippen molar-refractivity contribution in [2.45, 2.75) is 58.0 Å². The Bertz CT molecular complexity index is 751. The first kappa shape index (κ1) is 19.3. The van der Waals surface area contributed by atoms with Crippen LogP contribution in [0.3, 0.4) is 0 Å². The average Bonchev–Trinajstić information content (AvgIpc) is 2.68. The van der Waals surface area contributed by atoms with E-state index in [1.807, 2.05) is 18.2 Å². The first-order valence-corrected chi connectivity index (χ1v) is 9.76. The fourth-order valence-corrected chi connectivity index (χ4v) is 4.06. The molecular formula is C22H29N3O2. The molecule has 1 aromatic carbocycles. The number of rotatable bonds is 3. The maximum Gasteiger partial charge on any atom is 0.176 e. The summed E-state index contributed by atoms with van der Waals surface area (Å²) in [5.74, 6) is 1.80. The molecule has 5 nitrogen and oxygen atoms in total. The summed E-state index contributed by atoms with van der Waals surface area (Å²) in [4.78, 5) is 14.3. The van der Waals surface area contributed by atoms with E-state index in [-0.39, 0.29) is 17.5 Å². The molecule has 1 heterocycles.